The van der Waals surface area contributed by atoms with Gasteiger partial charge in [-0.3, -0.25) is 9.69 Å². The molecule has 1 aromatic heterocycles. The number of fused-ring (bicyclic) bond motifs is 2. The quantitative estimate of drug-likeness (QED) is 0.651. The first kappa shape index (κ1) is 19.2. The van der Waals surface area contributed by atoms with E-state index in [4.69, 9.17) is 0 Å². The maximum absolute atomic E-state index is 13.0. The van der Waals surface area contributed by atoms with Crippen molar-refractivity contribution < 1.29 is 18.0 Å². The van der Waals surface area contributed by atoms with Gasteiger partial charge in [0.1, 0.15) is 0 Å². The minimum atomic E-state index is -4.40. The van der Waals surface area contributed by atoms with Gasteiger partial charge in [-0.05, 0) is 36.2 Å². The molecule has 29 heavy (non-hydrogen) atoms. The lowest BCUT2D eigenvalue weighted by Gasteiger charge is -2.23. The average Bonchev–Trinajstić information content (AvgIpc) is 2.85. The summed E-state index contributed by atoms with van der Waals surface area (Å²) in [7, 11) is 1.91. The van der Waals surface area contributed by atoms with Gasteiger partial charge < -0.3 is 4.90 Å². The highest BCUT2D eigenvalue weighted by Gasteiger charge is 2.30. The van der Waals surface area contributed by atoms with Crippen LogP contribution in [0.1, 0.15) is 17.5 Å². The van der Waals surface area contributed by atoms with Crippen molar-refractivity contribution in [1.29, 1.82) is 0 Å². The lowest BCUT2D eigenvalue weighted by Crippen LogP contribution is -2.33. The second-order valence-electron chi connectivity index (χ2n) is 7.05. The number of alkyl halides is 3. The van der Waals surface area contributed by atoms with Crippen LogP contribution in [0.4, 0.5) is 24.8 Å². The molecular formula is C21H19F3N4O. The normalized spacial score (nSPS) is 14.6. The summed E-state index contributed by atoms with van der Waals surface area (Å²) in [5, 5.41) is 0. The molecule has 0 spiro atoms. The van der Waals surface area contributed by atoms with Crippen LogP contribution >= 0.6 is 0 Å². The van der Waals surface area contributed by atoms with Crippen molar-refractivity contribution in [3.8, 4) is 0 Å². The van der Waals surface area contributed by atoms with Crippen LogP contribution in [0.3, 0.4) is 0 Å². The molecule has 8 heteroatoms. The van der Waals surface area contributed by atoms with Crippen molar-refractivity contribution in [3.05, 3.63) is 59.7 Å². The zero-order chi connectivity index (χ0) is 20.6. The van der Waals surface area contributed by atoms with Crippen LogP contribution in [0.15, 0.2) is 48.5 Å². The van der Waals surface area contributed by atoms with Crippen LogP contribution < -0.4 is 9.80 Å². The van der Waals surface area contributed by atoms with Crippen molar-refractivity contribution in [2.24, 2.45) is 0 Å². The predicted molar refractivity (Wildman–Crippen MR) is 105 cm³/mol. The van der Waals surface area contributed by atoms with Crippen molar-refractivity contribution in [3.63, 3.8) is 0 Å². The molecule has 0 radical (unpaired) electrons. The van der Waals surface area contributed by atoms with Crippen molar-refractivity contribution in [2.45, 2.75) is 19.0 Å². The van der Waals surface area contributed by atoms with Crippen LogP contribution in [0.2, 0.25) is 0 Å². The number of amides is 1. The van der Waals surface area contributed by atoms with E-state index in [9.17, 15) is 18.0 Å². The highest BCUT2D eigenvalue weighted by atomic mass is 19.4. The maximum atomic E-state index is 13.0. The Balaban J connectivity index is 1.65. The van der Waals surface area contributed by atoms with Gasteiger partial charge in [-0.25, -0.2) is 9.97 Å². The standard InChI is InChI=1S/C21H19F3N4O/c1-27-11-4-12-28(20-19(27)25-16-5-2-3-6-17(16)26-20)18(29)13-14-7-9-15(10-8-14)21(22,23)24/h2-3,5-10H,4,11-13H2,1H3. The van der Waals surface area contributed by atoms with Crippen LogP contribution in [-0.4, -0.2) is 36.0 Å². The predicted octanol–water partition coefficient (Wildman–Crippen LogP) is 4.06. The largest absolute Gasteiger partial charge is 0.416 e. The number of carbonyl (C=O) groups excluding carboxylic acids is 1. The first-order valence-corrected chi connectivity index (χ1v) is 9.27. The minimum Gasteiger partial charge on any atom is -0.357 e. The molecule has 5 nitrogen and oxygen atoms in total. The summed E-state index contributed by atoms with van der Waals surface area (Å²) in [5.74, 6) is 0.897. The summed E-state index contributed by atoms with van der Waals surface area (Å²) in [6.07, 6.45) is -3.66. The van der Waals surface area contributed by atoms with Crippen molar-refractivity contribution in [1.82, 2.24) is 9.97 Å². The highest BCUT2D eigenvalue weighted by Crippen LogP contribution is 2.31. The molecule has 0 saturated heterocycles. The first-order chi connectivity index (χ1) is 13.8. The summed E-state index contributed by atoms with van der Waals surface area (Å²) in [5.41, 5.74) is 1.23. The number of rotatable bonds is 2. The molecule has 0 atom stereocenters. The maximum Gasteiger partial charge on any atom is 0.416 e. The second-order valence-corrected chi connectivity index (χ2v) is 7.05. The van der Waals surface area contributed by atoms with Gasteiger partial charge in [-0.15, -0.1) is 0 Å². The molecule has 1 amide bonds. The Morgan fingerprint density at radius 3 is 2.21 bits per heavy atom. The summed E-state index contributed by atoms with van der Waals surface area (Å²) in [6.45, 7) is 1.20. The van der Waals surface area contributed by atoms with Crippen molar-refractivity contribution >= 4 is 28.6 Å². The van der Waals surface area contributed by atoms with Gasteiger partial charge >= 0.3 is 6.18 Å². The molecule has 0 saturated carbocycles. The smallest absolute Gasteiger partial charge is 0.357 e. The van der Waals surface area contributed by atoms with E-state index in [1.807, 2.05) is 36.2 Å². The third-order valence-electron chi connectivity index (χ3n) is 4.96. The Morgan fingerprint density at radius 1 is 0.966 bits per heavy atom. The Bertz CT molecular complexity index is 1050. The highest BCUT2D eigenvalue weighted by molar-refractivity contribution is 5.97. The molecule has 2 heterocycles. The Kier molecular flexibility index (Phi) is 4.86. The Morgan fingerprint density at radius 2 is 1.59 bits per heavy atom. The molecule has 1 aliphatic heterocycles. The molecule has 0 bridgehead atoms. The molecule has 3 aromatic rings. The van der Waals surface area contributed by atoms with Gasteiger partial charge in [0.05, 0.1) is 23.0 Å². The van der Waals surface area contributed by atoms with Gasteiger partial charge in [0.2, 0.25) is 5.91 Å². The monoisotopic (exact) mass is 400 g/mol. The number of para-hydroxylation sites is 2. The van der Waals surface area contributed by atoms with E-state index in [2.05, 4.69) is 9.97 Å². The number of nitrogens with zero attached hydrogens (tertiary/aromatic N) is 4. The third kappa shape index (κ3) is 3.87. The number of aromatic nitrogens is 2. The molecule has 2 aromatic carbocycles. The number of benzene rings is 2. The molecule has 0 N–H and O–H groups in total. The van der Waals surface area contributed by atoms with Crippen molar-refractivity contribution in [2.75, 3.05) is 29.9 Å². The zero-order valence-electron chi connectivity index (χ0n) is 15.8. The molecule has 4 rings (SSSR count). The average molecular weight is 400 g/mol. The lowest BCUT2D eigenvalue weighted by atomic mass is 10.1. The summed E-state index contributed by atoms with van der Waals surface area (Å²) >= 11 is 0. The van der Waals surface area contributed by atoms with E-state index < -0.39 is 11.7 Å². The molecule has 0 fully saturated rings. The van der Waals surface area contributed by atoms with Gasteiger partial charge in [0.25, 0.3) is 0 Å². The SMILES string of the molecule is CN1CCCN(C(=O)Cc2ccc(C(F)(F)F)cc2)c2nc3ccccc3nc21. The van der Waals surface area contributed by atoms with Gasteiger partial charge in [-0.2, -0.15) is 13.2 Å². The van der Waals surface area contributed by atoms with Gasteiger partial charge in [0, 0.05) is 20.1 Å². The molecule has 0 unspecified atom stereocenters. The van der Waals surface area contributed by atoms with E-state index in [1.54, 1.807) is 4.90 Å². The first-order valence-electron chi connectivity index (χ1n) is 9.27. The fraction of sp³-hybridized carbons (Fsp3) is 0.286. The fourth-order valence-electron chi connectivity index (χ4n) is 3.42. The number of halogens is 3. The zero-order valence-corrected chi connectivity index (χ0v) is 15.8. The van der Waals surface area contributed by atoms with Gasteiger partial charge in [-0.1, -0.05) is 24.3 Å². The molecule has 1 aliphatic rings. The molecule has 150 valence electrons. The Labute approximate surface area is 165 Å². The van der Waals surface area contributed by atoms with Crippen LogP contribution in [0, 0.1) is 0 Å². The minimum absolute atomic E-state index is 0.00417. The van der Waals surface area contributed by atoms with Crippen LogP contribution in [0.25, 0.3) is 11.0 Å². The topological polar surface area (TPSA) is 49.3 Å². The number of hydrogen-bond donors (Lipinski definition) is 0. The van der Waals surface area contributed by atoms with E-state index in [-0.39, 0.29) is 12.3 Å². The van der Waals surface area contributed by atoms with E-state index >= 15 is 0 Å². The van der Waals surface area contributed by atoms with E-state index in [0.717, 1.165) is 30.6 Å². The summed E-state index contributed by atoms with van der Waals surface area (Å²) < 4.78 is 38.3. The fourth-order valence-corrected chi connectivity index (χ4v) is 3.42. The molecule has 0 aliphatic carbocycles. The van der Waals surface area contributed by atoms with Gasteiger partial charge in [0.15, 0.2) is 11.6 Å². The lowest BCUT2D eigenvalue weighted by molar-refractivity contribution is -0.137. The second kappa shape index (κ2) is 7.35. The summed E-state index contributed by atoms with van der Waals surface area (Å²) in [6, 6.07) is 12.1. The number of anilines is 2. The summed E-state index contributed by atoms with van der Waals surface area (Å²) in [4.78, 5) is 25.9. The van der Waals surface area contributed by atoms with E-state index in [1.165, 1.54) is 12.1 Å². The van der Waals surface area contributed by atoms with Crippen LogP contribution in [0.5, 0.6) is 0 Å². The Hall–Kier alpha value is -3.16. The number of hydrogen-bond acceptors (Lipinski definition) is 4. The van der Waals surface area contributed by atoms with E-state index in [0.29, 0.717) is 29.3 Å². The third-order valence-corrected chi connectivity index (χ3v) is 4.96. The number of carbonyl (C=O) groups is 1. The van der Waals surface area contributed by atoms with Crippen LogP contribution in [-0.2, 0) is 17.4 Å². The molecular weight excluding hydrogens is 381 g/mol.